The zero-order chi connectivity index (χ0) is 16.6. The maximum Gasteiger partial charge on any atom is 0.251 e. The lowest BCUT2D eigenvalue weighted by atomic mass is 10.0. The maximum atomic E-state index is 11.8. The third-order valence-electron chi connectivity index (χ3n) is 4.19. The van der Waals surface area contributed by atoms with Crippen molar-refractivity contribution in [2.45, 2.75) is 27.2 Å². The number of nitrogens with zero attached hydrogens (tertiary/aromatic N) is 2. The minimum atomic E-state index is -0.0685. The van der Waals surface area contributed by atoms with Gasteiger partial charge in [0.05, 0.1) is 11.4 Å². The molecule has 2 heterocycles. The van der Waals surface area contributed by atoms with E-state index in [0.29, 0.717) is 5.56 Å². The Morgan fingerprint density at radius 2 is 2.00 bits per heavy atom. The molecule has 3 rings (SSSR count). The van der Waals surface area contributed by atoms with Crippen LogP contribution in [0.15, 0.2) is 36.5 Å². The number of hydrogen-bond donors (Lipinski definition) is 1. The second-order valence-electron chi connectivity index (χ2n) is 5.80. The van der Waals surface area contributed by atoms with Crippen molar-refractivity contribution in [3.63, 3.8) is 0 Å². The van der Waals surface area contributed by atoms with Gasteiger partial charge in [-0.25, -0.2) is 4.98 Å². The van der Waals surface area contributed by atoms with Crippen LogP contribution in [0.2, 0.25) is 0 Å². The van der Waals surface area contributed by atoms with Crippen LogP contribution in [-0.4, -0.2) is 22.3 Å². The summed E-state index contributed by atoms with van der Waals surface area (Å²) in [4.78, 5) is 16.6. The van der Waals surface area contributed by atoms with Crippen molar-refractivity contribution in [2.75, 3.05) is 7.05 Å². The minimum absolute atomic E-state index is 0.0685. The number of nitrogens with one attached hydrogen (secondary N) is 1. The van der Waals surface area contributed by atoms with Crippen LogP contribution in [0.3, 0.4) is 0 Å². The molecule has 0 unspecified atom stereocenters. The number of aryl methyl sites for hydroxylation is 3. The van der Waals surface area contributed by atoms with E-state index in [1.54, 1.807) is 7.05 Å². The molecule has 0 atom stereocenters. The second-order valence-corrected chi connectivity index (χ2v) is 5.80. The van der Waals surface area contributed by atoms with Crippen molar-refractivity contribution in [3.05, 3.63) is 58.9 Å². The van der Waals surface area contributed by atoms with Crippen LogP contribution in [0.5, 0.6) is 0 Å². The number of rotatable bonds is 3. The molecule has 118 valence electrons. The van der Waals surface area contributed by atoms with Gasteiger partial charge in [0.15, 0.2) is 0 Å². The molecule has 1 amide bonds. The molecule has 4 nitrogen and oxygen atoms in total. The molecular formula is C19H21N3O. The van der Waals surface area contributed by atoms with Gasteiger partial charge in [0.1, 0.15) is 5.65 Å². The molecule has 0 aliphatic rings. The molecule has 1 N–H and O–H groups in total. The first-order chi connectivity index (χ1) is 11.0. The highest BCUT2D eigenvalue weighted by Gasteiger charge is 2.15. The Balaban J connectivity index is 2.18. The van der Waals surface area contributed by atoms with Crippen LogP contribution in [-0.2, 0) is 6.42 Å². The summed E-state index contributed by atoms with van der Waals surface area (Å²) in [5, 5.41) is 2.66. The van der Waals surface area contributed by atoms with E-state index in [1.165, 1.54) is 11.3 Å². The first-order valence-electron chi connectivity index (χ1n) is 7.85. The Kier molecular flexibility index (Phi) is 3.90. The van der Waals surface area contributed by atoms with Crippen LogP contribution < -0.4 is 5.32 Å². The molecule has 0 spiro atoms. The third-order valence-corrected chi connectivity index (χ3v) is 4.19. The summed E-state index contributed by atoms with van der Waals surface area (Å²) in [7, 11) is 1.64. The van der Waals surface area contributed by atoms with Gasteiger partial charge in [-0.2, -0.15) is 0 Å². The zero-order valence-corrected chi connectivity index (χ0v) is 14.0. The summed E-state index contributed by atoms with van der Waals surface area (Å²) in [6.07, 6.45) is 2.98. The molecule has 0 saturated heterocycles. The van der Waals surface area contributed by atoms with Crippen molar-refractivity contribution in [2.24, 2.45) is 0 Å². The van der Waals surface area contributed by atoms with E-state index >= 15 is 0 Å². The Morgan fingerprint density at radius 3 is 2.65 bits per heavy atom. The van der Waals surface area contributed by atoms with Gasteiger partial charge in [-0.05, 0) is 55.7 Å². The molecule has 2 aromatic heterocycles. The average molecular weight is 307 g/mol. The number of aromatic nitrogens is 2. The quantitative estimate of drug-likeness (QED) is 0.804. The maximum absolute atomic E-state index is 11.8. The Hall–Kier alpha value is -2.62. The van der Waals surface area contributed by atoms with Crippen LogP contribution in [0, 0.1) is 13.8 Å². The molecule has 0 aliphatic heterocycles. The first kappa shape index (κ1) is 15.3. The van der Waals surface area contributed by atoms with E-state index in [1.807, 2.05) is 25.1 Å². The molecule has 0 aliphatic carbocycles. The fourth-order valence-electron chi connectivity index (χ4n) is 2.97. The molecule has 0 radical (unpaired) electrons. The normalized spacial score (nSPS) is 11.0. The Labute approximate surface area is 136 Å². The molecule has 3 aromatic rings. The zero-order valence-electron chi connectivity index (χ0n) is 14.0. The number of carbonyl (C=O) groups excluding carboxylic acids is 1. The van der Waals surface area contributed by atoms with E-state index in [4.69, 9.17) is 4.98 Å². The van der Waals surface area contributed by atoms with Crippen LogP contribution in [0.25, 0.3) is 16.9 Å². The summed E-state index contributed by atoms with van der Waals surface area (Å²) in [6.45, 7) is 6.24. The lowest BCUT2D eigenvalue weighted by Crippen LogP contribution is -2.17. The number of amides is 1. The van der Waals surface area contributed by atoms with Crippen molar-refractivity contribution in [1.82, 2.24) is 14.7 Å². The summed E-state index contributed by atoms with van der Waals surface area (Å²) in [5.41, 5.74) is 7.16. The smallest absolute Gasteiger partial charge is 0.251 e. The number of fused-ring (bicyclic) bond motifs is 1. The number of benzene rings is 1. The monoisotopic (exact) mass is 307 g/mol. The number of imidazole rings is 1. The Bertz CT molecular complexity index is 893. The largest absolute Gasteiger partial charge is 0.355 e. The van der Waals surface area contributed by atoms with E-state index in [2.05, 4.69) is 41.9 Å². The summed E-state index contributed by atoms with van der Waals surface area (Å²) in [5.74, 6) is -0.0685. The van der Waals surface area contributed by atoms with Crippen molar-refractivity contribution >= 4 is 11.6 Å². The van der Waals surface area contributed by atoms with Crippen molar-refractivity contribution in [1.29, 1.82) is 0 Å². The van der Waals surface area contributed by atoms with Gasteiger partial charge in [0.2, 0.25) is 0 Å². The van der Waals surface area contributed by atoms with E-state index in [-0.39, 0.29) is 5.91 Å². The first-order valence-corrected chi connectivity index (χ1v) is 7.85. The SMILES string of the molecule is CCc1c(-c2ccc(C(=O)NC)cc2C)nc2cc(C)ccn12. The second kappa shape index (κ2) is 5.88. The molecule has 0 bridgehead atoms. The molecule has 1 aromatic carbocycles. The van der Waals surface area contributed by atoms with Gasteiger partial charge in [-0.15, -0.1) is 0 Å². The molecule has 0 fully saturated rings. The summed E-state index contributed by atoms with van der Waals surface area (Å²) in [6, 6.07) is 9.96. The predicted octanol–water partition coefficient (Wildman–Crippen LogP) is 3.54. The standard InChI is InChI=1S/C19H21N3O/c1-5-16-18(21-17-10-12(2)8-9-22(16)17)15-7-6-14(11-13(15)3)19(23)20-4/h6-11H,5H2,1-4H3,(H,20,23). The van der Waals surface area contributed by atoms with Gasteiger partial charge in [0.25, 0.3) is 5.91 Å². The van der Waals surface area contributed by atoms with Crippen LogP contribution in [0.1, 0.15) is 34.1 Å². The van der Waals surface area contributed by atoms with Crippen LogP contribution in [0.4, 0.5) is 0 Å². The van der Waals surface area contributed by atoms with Crippen LogP contribution >= 0.6 is 0 Å². The Morgan fingerprint density at radius 1 is 1.22 bits per heavy atom. The van der Waals surface area contributed by atoms with Crippen molar-refractivity contribution < 1.29 is 4.79 Å². The highest BCUT2D eigenvalue weighted by Crippen LogP contribution is 2.28. The number of hydrogen-bond acceptors (Lipinski definition) is 2. The molecule has 4 heteroatoms. The molecule has 0 saturated carbocycles. The molecular weight excluding hydrogens is 286 g/mol. The summed E-state index contributed by atoms with van der Waals surface area (Å²) < 4.78 is 2.15. The van der Waals surface area contributed by atoms with E-state index in [9.17, 15) is 4.79 Å². The fraction of sp³-hybridized carbons (Fsp3) is 0.263. The summed E-state index contributed by atoms with van der Waals surface area (Å²) >= 11 is 0. The van der Waals surface area contributed by atoms with E-state index < -0.39 is 0 Å². The highest BCUT2D eigenvalue weighted by molar-refractivity contribution is 5.94. The van der Waals surface area contributed by atoms with Crippen molar-refractivity contribution in [3.8, 4) is 11.3 Å². The van der Waals surface area contributed by atoms with Gasteiger partial charge in [0, 0.05) is 24.4 Å². The van der Waals surface area contributed by atoms with Gasteiger partial charge in [-0.1, -0.05) is 13.0 Å². The highest BCUT2D eigenvalue weighted by atomic mass is 16.1. The number of pyridine rings is 1. The van der Waals surface area contributed by atoms with Gasteiger partial charge in [-0.3, -0.25) is 4.79 Å². The lowest BCUT2D eigenvalue weighted by Gasteiger charge is -2.08. The lowest BCUT2D eigenvalue weighted by molar-refractivity contribution is 0.0963. The fourth-order valence-corrected chi connectivity index (χ4v) is 2.97. The van der Waals surface area contributed by atoms with E-state index in [0.717, 1.165) is 28.9 Å². The average Bonchev–Trinajstić information content (AvgIpc) is 2.91. The van der Waals surface area contributed by atoms with Gasteiger partial charge >= 0.3 is 0 Å². The van der Waals surface area contributed by atoms with Gasteiger partial charge < -0.3 is 9.72 Å². The number of carbonyl (C=O) groups is 1. The molecule has 23 heavy (non-hydrogen) atoms. The predicted molar refractivity (Wildman–Crippen MR) is 92.9 cm³/mol. The topological polar surface area (TPSA) is 46.4 Å². The third kappa shape index (κ3) is 2.61. The minimum Gasteiger partial charge on any atom is -0.355 e.